The Labute approximate surface area is 157 Å². The molecule has 1 saturated carbocycles. The Hall–Kier alpha value is -0.910. The minimum Gasteiger partial charge on any atom is -0.335 e. The Morgan fingerprint density at radius 1 is 1.21 bits per heavy atom. The van der Waals surface area contributed by atoms with Gasteiger partial charge in [-0.1, -0.05) is 49.1 Å². The van der Waals surface area contributed by atoms with E-state index in [2.05, 4.69) is 5.32 Å². The zero-order valence-corrected chi connectivity index (χ0v) is 15.9. The summed E-state index contributed by atoms with van der Waals surface area (Å²) < 4.78 is -0.334. The predicted molar refractivity (Wildman–Crippen MR) is 101 cm³/mol. The first-order valence-electron chi connectivity index (χ1n) is 8.14. The number of urea groups is 1. The molecule has 1 heterocycles. The van der Waals surface area contributed by atoms with E-state index in [-0.39, 0.29) is 28.1 Å². The summed E-state index contributed by atoms with van der Waals surface area (Å²) in [5.74, 6) is 0. The van der Waals surface area contributed by atoms with Gasteiger partial charge in [-0.15, -0.1) is 11.6 Å². The third-order valence-corrected chi connectivity index (χ3v) is 5.98. The molecule has 1 aromatic rings. The van der Waals surface area contributed by atoms with E-state index in [1.54, 1.807) is 6.92 Å². The number of carbonyl (C=O) groups is 2. The van der Waals surface area contributed by atoms with Crippen molar-refractivity contribution < 1.29 is 9.59 Å². The van der Waals surface area contributed by atoms with Gasteiger partial charge in [0.15, 0.2) is 0 Å². The van der Waals surface area contributed by atoms with Gasteiger partial charge in [-0.2, -0.15) is 0 Å². The zero-order valence-electron chi connectivity index (χ0n) is 13.6. The van der Waals surface area contributed by atoms with Crippen LogP contribution in [0.2, 0.25) is 5.02 Å². The van der Waals surface area contributed by atoms with Crippen molar-refractivity contribution in [1.82, 2.24) is 10.2 Å². The minimum atomic E-state index is -0.334. The quantitative estimate of drug-likeness (QED) is 0.646. The molecule has 1 saturated heterocycles. The number of hydrogen-bond donors (Lipinski definition) is 1. The van der Waals surface area contributed by atoms with Gasteiger partial charge in [-0.25, -0.2) is 9.69 Å². The lowest BCUT2D eigenvalue weighted by atomic mass is 9.96. The van der Waals surface area contributed by atoms with Gasteiger partial charge >= 0.3 is 6.03 Å². The molecule has 2 atom stereocenters. The highest BCUT2D eigenvalue weighted by Crippen LogP contribution is 2.34. The second-order valence-electron chi connectivity index (χ2n) is 5.93. The summed E-state index contributed by atoms with van der Waals surface area (Å²) in [5, 5.41) is 3.49. The van der Waals surface area contributed by atoms with Crippen molar-refractivity contribution in [1.29, 1.82) is 0 Å². The van der Waals surface area contributed by atoms with E-state index in [0.717, 1.165) is 42.5 Å². The molecule has 0 spiro atoms. The summed E-state index contributed by atoms with van der Waals surface area (Å²) >= 11 is 12.5. The molecule has 24 heavy (non-hydrogen) atoms. The van der Waals surface area contributed by atoms with E-state index in [0.29, 0.717) is 0 Å². The lowest BCUT2D eigenvalue weighted by molar-refractivity contribution is 0.186. The number of nitrogens with one attached hydrogen (secondary N) is 1. The number of imide groups is 1. The fourth-order valence-corrected chi connectivity index (χ4v) is 4.07. The molecule has 7 heteroatoms. The fraction of sp³-hybridized carbons (Fsp3) is 0.529. The Bertz CT molecular complexity index is 553. The maximum absolute atomic E-state index is 12.0. The molecule has 3 amide bonds. The number of rotatable bonds is 1. The van der Waals surface area contributed by atoms with Gasteiger partial charge < -0.3 is 5.32 Å². The molecule has 1 aliphatic heterocycles. The molecule has 132 valence electrons. The number of amides is 3. The molecule has 1 aliphatic carbocycles. The lowest BCUT2D eigenvalue weighted by Gasteiger charge is -2.26. The third kappa shape index (κ3) is 5.57. The van der Waals surface area contributed by atoms with Crippen LogP contribution >= 0.6 is 35.0 Å². The Morgan fingerprint density at radius 3 is 2.29 bits per heavy atom. The first kappa shape index (κ1) is 19.4. The van der Waals surface area contributed by atoms with Crippen LogP contribution in [-0.2, 0) is 0 Å². The Balaban J connectivity index is 0.000000249. The highest BCUT2D eigenvalue weighted by atomic mass is 35.5. The summed E-state index contributed by atoms with van der Waals surface area (Å²) in [7, 11) is 0. The number of thioether (sulfide) groups is 1. The van der Waals surface area contributed by atoms with E-state index in [1.165, 1.54) is 11.3 Å². The van der Waals surface area contributed by atoms with Crippen molar-refractivity contribution in [2.45, 2.75) is 55.8 Å². The van der Waals surface area contributed by atoms with E-state index in [4.69, 9.17) is 23.2 Å². The van der Waals surface area contributed by atoms with Gasteiger partial charge in [0.1, 0.15) is 4.71 Å². The molecule has 4 nitrogen and oxygen atoms in total. The predicted octanol–water partition coefficient (Wildman–Crippen LogP) is 5.49. The van der Waals surface area contributed by atoms with Crippen molar-refractivity contribution in [3.8, 4) is 0 Å². The number of halogens is 2. The van der Waals surface area contributed by atoms with E-state index in [9.17, 15) is 9.59 Å². The van der Waals surface area contributed by atoms with Crippen LogP contribution in [0.5, 0.6) is 0 Å². The van der Waals surface area contributed by atoms with Crippen LogP contribution in [0.3, 0.4) is 0 Å². The molecule has 0 aromatic heterocycles. The largest absolute Gasteiger partial charge is 0.335 e. The third-order valence-electron chi connectivity index (χ3n) is 4.08. The van der Waals surface area contributed by atoms with Crippen LogP contribution in [0.15, 0.2) is 30.3 Å². The molecular formula is C17H22Cl2N2O2S. The molecule has 3 rings (SSSR count). The summed E-state index contributed by atoms with van der Waals surface area (Å²) in [5.41, 5.74) is 0. The van der Waals surface area contributed by atoms with Gasteiger partial charge in [-0.05, 0) is 43.7 Å². The monoisotopic (exact) mass is 388 g/mol. The standard InChI is InChI=1S/C11H17ClN2O2S.C6H5Cl/c1-7-9(12)17-11(16)14(7)10(15)13-8-5-3-2-4-6-8;7-6-4-2-1-3-5-6/h7-9H,2-6H2,1H3,(H,13,15);1-5H. The molecule has 0 bridgehead atoms. The maximum atomic E-state index is 12.0. The normalized spacial score (nSPS) is 24.3. The number of carbonyl (C=O) groups excluding carboxylic acids is 2. The first-order chi connectivity index (χ1) is 11.5. The fourth-order valence-electron chi connectivity index (χ4n) is 2.71. The Kier molecular flexibility index (Phi) is 7.72. The van der Waals surface area contributed by atoms with Crippen molar-refractivity contribution in [3.63, 3.8) is 0 Å². The maximum Gasteiger partial charge on any atom is 0.325 e. The van der Waals surface area contributed by atoms with Crippen LogP contribution in [-0.4, -0.2) is 33.0 Å². The number of benzene rings is 1. The first-order valence-corrected chi connectivity index (χ1v) is 9.83. The summed E-state index contributed by atoms with van der Waals surface area (Å²) in [6.07, 6.45) is 5.58. The average molecular weight is 389 g/mol. The second kappa shape index (κ2) is 9.54. The smallest absolute Gasteiger partial charge is 0.325 e. The van der Waals surface area contributed by atoms with Crippen LogP contribution in [0.25, 0.3) is 0 Å². The highest BCUT2D eigenvalue weighted by molar-refractivity contribution is 8.15. The number of alkyl halides is 1. The van der Waals surface area contributed by atoms with Crippen molar-refractivity contribution in [2.24, 2.45) is 0 Å². The molecule has 2 fully saturated rings. The van der Waals surface area contributed by atoms with Crippen LogP contribution in [0.4, 0.5) is 9.59 Å². The highest BCUT2D eigenvalue weighted by Gasteiger charge is 2.41. The van der Waals surface area contributed by atoms with E-state index in [1.807, 2.05) is 30.3 Å². The molecule has 0 radical (unpaired) electrons. The molecular weight excluding hydrogens is 367 g/mol. The number of nitrogens with zero attached hydrogens (tertiary/aromatic N) is 1. The molecule has 2 aliphatic rings. The minimum absolute atomic E-state index is 0.218. The van der Waals surface area contributed by atoms with Crippen molar-refractivity contribution >= 4 is 46.2 Å². The Morgan fingerprint density at radius 2 is 1.83 bits per heavy atom. The van der Waals surface area contributed by atoms with Gasteiger partial charge in [0.25, 0.3) is 5.24 Å². The van der Waals surface area contributed by atoms with Gasteiger partial charge in [0, 0.05) is 11.1 Å². The molecule has 2 unspecified atom stereocenters. The lowest BCUT2D eigenvalue weighted by Crippen LogP contribution is -2.48. The molecule has 1 N–H and O–H groups in total. The van der Waals surface area contributed by atoms with Crippen LogP contribution in [0.1, 0.15) is 39.0 Å². The van der Waals surface area contributed by atoms with E-state index < -0.39 is 0 Å². The summed E-state index contributed by atoms with van der Waals surface area (Å²) in [6.45, 7) is 1.80. The van der Waals surface area contributed by atoms with Crippen molar-refractivity contribution in [3.05, 3.63) is 35.4 Å². The second-order valence-corrected chi connectivity index (χ2v) is 8.18. The zero-order chi connectivity index (χ0) is 17.5. The SMILES string of the molecule is CC1C(Cl)SC(=O)N1C(=O)NC1CCCCC1.Clc1ccccc1. The van der Waals surface area contributed by atoms with Crippen LogP contribution in [0, 0.1) is 0 Å². The average Bonchev–Trinajstić information content (AvgIpc) is 2.82. The van der Waals surface area contributed by atoms with Gasteiger partial charge in [0.2, 0.25) is 0 Å². The summed E-state index contributed by atoms with van der Waals surface area (Å²) in [4.78, 5) is 24.9. The van der Waals surface area contributed by atoms with Crippen LogP contribution < -0.4 is 5.32 Å². The topological polar surface area (TPSA) is 49.4 Å². The van der Waals surface area contributed by atoms with Crippen molar-refractivity contribution in [2.75, 3.05) is 0 Å². The van der Waals surface area contributed by atoms with Gasteiger partial charge in [0.05, 0.1) is 6.04 Å². The van der Waals surface area contributed by atoms with Gasteiger partial charge in [-0.3, -0.25) is 4.79 Å². The summed E-state index contributed by atoms with van der Waals surface area (Å²) in [6, 6.07) is 9.14. The number of hydrogen-bond acceptors (Lipinski definition) is 3. The van der Waals surface area contributed by atoms with E-state index >= 15 is 0 Å². The molecule has 1 aromatic carbocycles.